The molecule has 5 heteroatoms. The van der Waals surface area contributed by atoms with Gasteiger partial charge in [0.05, 0.1) is 11.7 Å². The third-order valence-corrected chi connectivity index (χ3v) is 3.98. The molecule has 1 saturated heterocycles. The van der Waals surface area contributed by atoms with E-state index in [9.17, 15) is 4.79 Å². The zero-order valence-electron chi connectivity index (χ0n) is 13.2. The first kappa shape index (κ1) is 15.0. The zero-order chi connectivity index (χ0) is 15.1. The van der Waals surface area contributed by atoms with Gasteiger partial charge in [-0.25, -0.2) is 0 Å². The summed E-state index contributed by atoms with van der Waals surface area (Å²) in [4.78, 5) is 14.1. The SMILES string of the molecule is CCN1C(=O)CCC(N)C1c1cn(C)nc1C(C)(C)C. The molecule has 1 amide bonds. The lowest BCUT2D eigenvalue weighted by Gasteiger charge is -2.40. The Hall–Kier alpha value is -1.36. The van der Waals surface area contributed by atoms with E-state index in [4.69, 9.17) is 5.73 Å². The van der Waals surface area contributed by atoms with Crippen molar-refractivity contribution in [1.29, 1.82) is 0 Å². The van der Waals surface area contributed by atoms with Gasteiger partial charge in [0.15, 0.2) is 0 Å². The summed E-state index contributed by atoms with van der Waals surface area (Å²) < 4.78 is 1.83. The van der Waals surface area contributed by atoms with E-state index in [0.29, 0.717) is 13.0 Å². The second kappa shape index (κ2) is 5.20. The molecular formula is C15H26N4O. The molecule has 0 radical (unpaired) electrons. The van der Waals surface area contributed by atoms with Gasteiger partial charge >= 0.3 is 0 Å². The van der Waals surface area contributed by atoms with Gasteiger partial charge in [0, 0.05) is 43.2 Å². The Morgan fingerprint density at radius 1 is 1.45 bits per heavy atom. The van der Waals surface area contributed by atoms with Gasteiger partial charge < -0.3 is 10.6 Å². The smallest absolute Gasteiger partial charge is 0.223 e. The van der Waals surface area contributed by atoms with Crippen molar-refractivity contribution in [3.05, 3.63) is 17.5 Å². The minimum atomic E-state index is -0.0593. The average molecular weight is 278 g/mol. The van der Waals surface area contributed by atoms with Crippen LogP contribution in [0.5, 0.6) is 0 Å². The Morgan fingerprint density at radius 2 is 2.10 bits per heavy atom. The van der Waals surface area contributed by atoms with Gasteiger partial charge in [0.25, 0.3) is 0 Å². The molecule has 1 fully saturated rings. The second-order valence-electron chi connectivity index (χ2n) is 6.68. The largest absolute Gasteiger partial charge is 0.334 e. The van der Waals surface area contributed by atoms with Crippen LogP contribution in [-0.4, -0.2) is 33.2 Å². The molecular weight excluding hydrogens is 252 g/mol. The monoisotopic (exact) mass is 278 g/mol. The van der Waals surface area contributed by atoms with Crippen LogP contribution >= 0.6 is 0 Å². The predicted octanol–water partition coefficient (Wildman–Crippen LogP) is 1.73. The van der Waals surface area contributed by atoms with Gasteiger partial charge in [-0.05, 0) is 13.3 Å². The molecule has 0 spiro atoms. The van der Waals surface area contributed by atoms with Crippen LogP contribution in [0.15, 0.2) is 6.20 Å². The number of likely N-dealkylation sites (tertiary alicyclic amines) is 1. The van der Waals surface area contributed by atoms with E-state index in [1.807, 2.05) is 29.7 Å². The predicted molar refractivity (Wildman–Crippen MR) is 79.2 cm³/mol. The zero-order valence-corrected chi connectivity index (χ0v) is 13.2. The van der Waals surface area contributed by atoms with Crippen LogP contribution in [0.2, 0.25) is 0 Å². The minimum Gasteiger partial charge on any atom is -0.334 e. The number of likely N-dealkylation sites (N-methyl/N-ethyl adjacent to an activating group) is 1. The van der Waals surface area contributed by atoms with E-state index in [2.05, 4.69) is 25.9 Å². The van der Waals surface area contributed by atoms with Crippen LogP contribution in [0.25, 0.3) is 0 Å². The van der Waals surface area contributed by atoms with Gasteiger partial charge in [-0.2, -0.15) is 5.10 Å². The number of aromatic nitrogens is 2. The van der Waals surface area contributed by atoms with Crippen molar-refractivity contribution in [2.24, 2.45) is 12.8 Å². The highest BCUT2D eigenvalue weighted by Gasteiger charge is 2.38. The standard InChI is InChI=1S/C15H26N4O/c1-6-19-12(20)8-7-11(16)13(19)10-9-18(5)17-14(10)15(2,3)4/h9,11,13H,6-8,16H2,1-5H3. The Kier molecular flexibility index (Phi) is 3.91. The molecule has 0 saturated carbocycles. The van der Waals surface area contributed by atoms with E-state index >= 15 is 0 Å². The lowest BCUT2D eigenvalue weighted by atomic mass is 9.83. The molecule has 2 atom stereocenters. The van der Waals surface area contributed by atoms with Crippen molar-refractivity contribution in [3.8, 4) is 0 Å². The van der Waals surface area contributed by atoms with Gasteiger partial charge in [-0.1, -0.05) is 20.8 Å². The van der Waals surface area contributed by atoms with E-state index < -0.39 is 0 Å². The van der Waals surface area contributed by atoms with Gasteiger partial charge in [0.1, 0.15) is 0 Å². The van der Waals surface area contributed by atoms with Crippen LogP contribution in [0.4, 0.5) is 0 Å². The highest BCUT2D eigenvalue weighted by atomic mass is 16.2. The maximum absolute atomic E-state index is 12.2. The molecule has 1 aliphatic heterocycles. The first-order valence-corrected chi connectivity index (χ1v) is 7.34. The number of rotatable bonds is 2. The summed E-state index contributed by atoms with van der Waals surface area (Å²) in [7, 11) is 1.92. The fourth-order valence-electron chi connectivity index (χ4n) is 3.06. The molecule has 2 rings (SSSR count). The van der Waals surface area contributed by atoms with Gasteiger partial charge in [-0.15, -0.1) is 0 Å². The Labute approximate surface area is 121 Å². The number of hydrogen-bond acceptors (Lipinski definition) is 3. The summed E-state index contributed by atoms with van der Waals surface area (Å²) in [6.07, 6.45) is 3.32. The number of hydrogen-bond donors (Lipinski definition) is 1. The number of nitrogens with zero attached hydrogens (tertiary/aromatic N) is 3. The van der Waals surface area contributed by atoms with Crippen molar-refractivity contribution in [3.63, 3.8) is 0 Å². The van der Waals surface area contributed by atoms with E-state index in [-0.39, 0.29) is 23.4 Å². The minimum absolute atomic E-state index is 0.0158. The maximum Gasteiger partial charge on any atom is 0.223 e. The molecule has 0 aromatic carbocycles. The van der Waals surface area contributed by atoms with Gasteiger partial charge in [-0.3, -0.25) is 9.48 Å². The van der Waals surface area contributed by atoms with Crippen molar-refractivity contribution in [2.45, 2.75) is 58.0 Å². The highest BCUT2D eigenvalue weighted by molar-refractivity contribution is 5.78. The van der Waals surface area contributed by atoms with Crippen molar-refractivity contribution in [1.82, 2.24) is 14.7 Å². The summed E-state index contributed by atoms with van der Waals surface area (Å²) in [5, 5.41) is 4.61. The Bertz CT molecular complexity index is 500. The molecule has 20 heavy (non-hydrogen) atoms. The van der Waals surface area contributed by atoms with Crippen LogP contribution in [0.3, 0.4) is 0 Å². The van der Waals surface area contributed by atoms with E-state index in [0.717, 1.165) is 17.7 Å². The summed E-state index contributed by atoms with van der Waals surface area (Å²) in [6.45, 7) is 9.13. The topological polar surface area (TPSA) is 64.2 Å². The number of aryl methyl sites for hydroxylation is 1. The second-order valence-corrected chi connectivity index (χ2v) is 6.68. The van der Waals surface area contributed by atoms with Crippen LogP contribution in [0.1, 0.15) is 57.8 Å². The molecule has 2 N–H and O–H groups in total. The number of carbonyl (C=O) groups excluding carboxylic acids is 1. The van der Waals surface area contributed by atoms with E-state index in [1.165, 1.54) is 0 Å². The summed E-state index contributed by atoms with van der Waals surface area (Å²) in [6, 6.07) is -0.0675. The number of nitrogens with two attached hydrogens (primary N) is 1. The Balaban J connectivity index is 2.50. The first-order valence-electron chi connectivity index (χ1n) is 7.34. The summed E-state index contributed by atoms with van der Waals surface area (Å²) in [5.74, 6) is 0.197. The lowest BCUT2D eigenvalue weighted by Crippen LogP contribution is -2.49. The fraction of sp³-hybridized carbons (Fsp3) is 0.733. The highest BCUT2D eigenvalue weighted by Crippen LogP contribution is 2.36. The van der Waals surface area contributed by atoms with Crippen LogP contribution in [0, 0.1) is 0 Å². The number of piperidine rings is 1. The molecule has 0 bridgehead atoms. The molecule has 5 nitrogen and oxygen atoms in total. The lowest BCUT2D eigenvalue weighted by molar-refractivity contribution is -0.137. The molecule has 1 aliphatic rings. The molecule has 0 aliphatic carbocycles. The fourth-order valence-corrected chi connectivity index (χ4v) is 3.06. The average Bonchev–Trinajstić information content (AvgIpc) is 2.73. The van der Waals surface area contributed by atoms with Gasteiger partial charge in [0.2, 0.25) is 5.91 Å². The van der Waals surface area contributed by atoms with Crippen molar-refractivity contribution >= 4 is 5.91 Å². The first-order chi connectivity index (χ1) is 9.25. The Morgan fingerprint density at radius 3 is 2.65 bits per heavy atom. The molecule has 112 valence electrons. The van der Waals surface area contributed by atoms with Crippen LogP contribution < -0.4 is 5.73 Å². The summed E-state index contributed by atoms with van der Waals surface area (Å²) in [5.41, 5.74) is 8.41. The number of amides is 1. The molecule has 2 unspecified atom stereocenters. The molecule has 2 heterocycles. The quantitative estimate of drug-likeness (QED) is 0.896. The van der Waals surface area contributed by atoms with E-state index in [1.54, 1.807) is 0 Å². The van der Waals surface area contributed by atoms with Crippen molar-refractivity contribution in [2.75, 3.05) is 6.54 Å². The maximum atomic E-state index is 12.2. The van der Waals surface area contributed by atoms with Crippen LogP contribution in [-0.2, 0) is 17.3 Å². The normalized spacial score (nSPS) is 24.3. The molecule has 1 aromatic heterocycles. The molecule has 1 aromatic rings. The number of carbonyl (C=O) groups is 1. The third-order valence-electron chi connectivity index (χ3n) is 3.98. The van der Waals surface area contributed by atoms with Crippen molar-refractivity contribution < 1.29 is 4.79 Å². The summed E-state index contributed by atoms with van der Waals surface area (Å²) >= 11 is 0. The third kappa shape index (κ3) is 2.59.